The van der Waals surface area contributed by atoms with Gasteiger partial charge in [-0.2, -0.15) is 0 Å². The number of allylic oxidation sites excluding steroid dienone is 1. The van der Waals surface area contributed by atoms with Gasteiger partial charge >= 0.3 is 5.97 Å². The van der Waals surface area contributed by atoms with Crippen molar-refractivity contribution < 1.29 is 14.6 Å². The molecule has 0 aromatic rings. The molecule has 0 radical (unpaired) electrons. The monoisotopic (exact) mass is 238 g/mol. The molecule has 2 fully saturated rings. The van der Waals surface area contributed by atoms with Crippen molar-refractivity contribution in [2.75, 3.05) is 0 Å². The number of fused-ring (bicyclic) bond motifs is 1. The first-order chi connectivity index (χ1) is 7.99. The fourth-order valence-corrected chi connectivity index (χ4v) is 3.86. The fourth-order valence-electron chi connectivity index (χ4n) is 3.86. The molecule has 2 aliphatic rings. The Kier molecular flexibility index (Phi) is 3.30. The Morgan fingerprint density at radius 1 is 1.59 bits per heavy atom. The summed E-state index contributed by atoms with van der Waals surface area (Å²) in [6.07, 6.45) is 5.49. The maximum absolute atomic E-state index is 11.1. The van der Waals surface area contributed by atoms with E-state index in [0.29, 0.717) is 0 Å². The van der Waals surface area contributed by atoms with Crippen LogP contribution in [0.15, 0.2) is 11.6 Å². The number of aliphatic hydroxyl groups excluding tert-OH is 1. The molecule has 3 heteroatoms. The second kappa shape index (κ2) is 4.45. The zero-order chi connectivity index (χ0) is 12.6. The van der Waals surface area contributed by atoms with Gasteiger partial charge in [0.1, 0.15) is 6.10 Å². The van der Waals surface area contributed by atoms with Crippen molar-refractivity contribution in [1.29, 1.82) is 0 Å². The van der Waals surface area contributed by atoms with Crippen LogP contribution < -0.4 is 0 Å². The van der Waals surface area contributed by atoms with Crippen LogP contribution in [0.2, 0.25) is 0 Å². The quantitative estimate of drug-likeness (QED) is 0.564. The van der Waals surface area contributed by atoms with Gasteiger partial charge in [0, 0.05) is 12.8 Å². The number of ether oxygens (including phenoxy) is 1. The predicted octanol–water partition coefficient (Wildman–Crippen LogP) is 2.44. The Morgan fingerprint density at radius 3 is 2.88 bits per heavy atom. The van der Waals surface area contributed by atoms with Crippen molar-refractivity contribution in [3.63, 3.8) is 0 Å². The maximum Gasteiger partial charge on any atom is 0.302 e. The van der Waals surface area contributed by atoms with E-state index in [1.54, 1.807) is 0 Å². The number of esters is 1. The topological polar surface area (TPSA) is 46.5 Å². The summed E-state index contributed by atoms with van der Waals surface area (Å²) >= 11 is 0. The lowest BCUT2D eigenvalue weighted by Crippen LogP contribution is -2.39. The Hall–Kier alpha value is -0.830. The highest BCUT2D eigenvalue weighted by Gasteiger charge is 2.52. The second-order valence-corrected chi connectivity index (χ2v) is 5.56. The zero-order valence-corrected chi connectivity index (χ0v) is 10.9. The first kappa shape index (κ1) is 12.6. The summed E-state index contributed by atoms with van der Waals surface area (Å²) in [5, 5.41) is 10.1. The average Bonchev–Trinajstić information content (AvgIpc) is 2.49. The van der Waals surface area contributed by atoms with Crippen LogP contribution in [-0.4, -0.2) is 23.3 Å². The van der Waals surface area contributed by atoms with Crippen LogP contribution in [-0.2, 0) is 9.53 Å². The molecule has 0 spiro atoms. The van der Waals surface area contributed by atoms with E-state index in [1.165, 1.54) is 6.92 Å². The Bertz CT molecular complexity index is 347. The highest BCUT2D eigenvalue weighted by molar-refractivity contribution is 5.66. The third-order valence-electron chi connectivity index (χ3n) is 4.58. The molecule has 2 saturated carbocycles. The number of hydrogen-bond acceptors (Lipinski definition) is 3. The molecule has 1 N–H and O–H groups in total. The van der Waals surface area contributed by atoms with Crippen molar-refractivity contribution in [2.45, 2.75) is 58.7 Å². The van der Waals surface area contributed by atoms with E-state index in [4.69, 9.17) is 4.74 Å². The van der Waals surface area contributed by atoms with Crippen LogP contribution in [0.3, 0.4) is 0 Å². The first-order valence-electron chi connectivity index (χ1n) is 6.51. The lowest BCUT2D eigenvalue weighted by molar-refractivity contribution is -0.153. The van der Waals surface area contributed by atoms with Gasteiger partial charge in [-0.15, -0.1) is 0 Å². The van der Waals surface area contributed by atoms with Gasteiger partial charge in [0.25, 0.3) is 0 Å². The molecule has 0 aromatic heterocycles. The largest absolute Gasteiger partial charge is 0.462 e. The SMILES string of the molecule is C/C=C1\C(O)CC2[C@@H](OC(C)=O)CCC[C@]12C. The summed E-state index contributed by atoms with van der Waals surface area (Å²) in [5.74, 6) is 0.0732. The van der Waals surface area contributed by atoms with E-state index in [1.807, 2.05) is 13.0 Å². The molecular weight excluding hydrogens is 216 g/mol. The molecule has 2 rings (SSSR count). The van der Waals surface area contributed by atoms with Crippen molar-refractivity contribution in [3.05, 3.63) is 11.6 Å². The van der Waals surface area contributed by atoms with Gasteiger partial charge in [0.05, 0.1) is 6.10 Å². The van der Waals surface area contributed by atoms with E-state index in [9.17, 15) is 9.90 Å². The molecule has 17 heavy (non-hydrogen) atoms. The minimum atomic E-state index is -0.355. The molecule has 0 bridgehead atoms. The normalized spacial score (nSPS) is 43.5. The van der Waals surface area contributed by atoms with Crippen molar-refractivity contribution in [1.82, 2.24) is 0 Å². The number of rotatable bonds is 1. The van der Waals surface area contributed by atoms with Crippen LogP contribution >= 0.6 is 0 Å². The lowest BCUT2D eigenvalue weighted by atomic mass is 9.66. The Balaban J connectivity index is 2.26. The van der Waals surface area contributed by atoms with Gasteiger partial charge in [-0.25, -0.2) is 0 Å². The predicted molar refractivity (Wildman–Crippen MR) is 65.4 cm³/mol. The molecule has 0 heterocycles. The van der Waals surface area contributed by atoms with Crippen LogP contribution in [0.25, 0.3) is 0 Å². The van der Waals surface area contributed by atoms with Crippen LogP contribution in [0.1, 0.15) is 46.5 Å². The Labute approximate surface area is 103 Å². The standard InChI is InChI=1S/C14H22O3/c1-4-10-12(16)8-11-13(17-9(2)15)6-5-7-14(10,11)3/h4,11-13,16H,5-8H2,1-3H3/b10-4+/t11?,12?,13-,14+/m0/s1. The van der Waals surface area contributed by atoms with Gasteiger partial charge in [-0.1, -0.05) is 13.0 Å². The zero-order valence-electron chi connectivity index (χ0n) is 10.9. The first-order valence-corrected chi connectivity index (χ1v) is 6.51. The van der Waals surface area contributed by atoms with Crippen LogP contribution in [0.5, 0.6) is 0 Å². The van der Waals surface area contributed by atoms with Gasteiger partial charge in [0.15, 0.2) is 0 Å². The number of aliphatic hydroxyl groups is 1. The molecule has 2 unspecified atom stereocenters. The highest BCUT2D eigenvalue weighted by Crippen LogP contribution is 2.55. The van der Waals surface area contributed by atoms with Gasteiger partial charge in [-0.3, -0.25) is 4.79 Å². The van der Waals surface area contributed by atoms with E-state index >= 15 is 0 Å². The lowest BCUT2D eigenvalue weighted by Gasteiger charge is -2.41. The molecule has 0 amide bonds. The summed E-state index contributed by atoms with van der Waals surface area (Å²) < 4.78 is 5.43. The second-order valence-electron chi connectivity index (χ2n) is 5.56. The summed E-state index contributed by atoms with van der Waals surface area (Å²) in [5.41, 5.74) is 1.16. The number of carbonyl (C=O) groups is 1. The average molecular weight is 238 g/mol. The smallest absolute Gasteiger partial charge is 0.302 e. The van der Waals surface area contributed by atoms with Crippen LogP contribution in [0.4, 0.5) is 0 Å². The third-order valence-corrected chi connectivity index (χ3v) is 4.58. The van der Waals surface area contributed by atoms with Crippen molar-refractivity contribution in [3.8, 4) is 0 Å². The summed E-state index contributed by atoms with van der Waals surface area (Å²) in [7, 11) is 0. The molecule has 0 saturated heterocycles. The molecule has 3 nitrogen and oxygen atoms in total. The van der Waals surface area contributed by atoms with Crippen molar-refractivity contribution >= 4 is 5.97 Å². The van der Waals surface area contributed by atoms with E-state index < -0.39 is 0 Å². The van der Waals surface area contributed by atoms with Gasteiger partial charge < -0.3 is 9.84 Å². The summed E-state index contributed by atoms with van der Waals surface area (Å²) in [6, 6.07) is 0. The molecule has 0 aliphatic heterocycles. The summed E-state index contributed by atoms with van der Waals surface area (Å²) in [4.78, 5) is 11.1. The molecular formula is C14H22O3. The van der Waals surface area contributed by atoms with E-state index in [2.05, 4.69) is 6.92 Å². The number of hydrogen-bond donors (Lipinski definition) is 1. The molecule has 4 atom stereocenters. The highest BCUT2D eigenvalue weighted by atomic mass is 16.5. The summed E-state index contributed by atoms with van der Waals surface area (Å²) in [6.45, 7) is 5.66. The maximum atomic E-state index is 11.1. The number of carbonyl (C=O) groups excluding carboxylic acids is 1. The Morgan fingerprint density at radius 2 is 2.29 bits per heavy atom. The minimum Gasteiger partial charge on any atom is -0.462 e. The van der Waals surface area contributed by atoms with Gasteiger partial charge in [-0.05, 0) is 43.6 Å². The third kappa shape index (κ3) is 2.01. The van der Waals surface area contributed by atoms with E-state index in [-0.39, 0.29) is 29.5 Å². The minimum absolute atomic E-state index is 0.0154. The van der Waals surface area contributed by atoms with Crippen LogP contribution in [0, 0.1) is 11.3 Å². The van der Waals surface area contributed by atoms with Crippen molar-refractivity contribution in [2.24, 2.45) is 11.3 Å². The van der Waals surface area contributed by atoms with Gasteiger partial charge in [0.2, 0.25) is 0 Å². The van der Waals surface area contributed by atoms with E-state index in [0.717, 1.165) is 31.3 Å². The molecule has 96 valence electrons. The fraction of sp³-hybridized carbons (Fsp3) is 0.786. The molecule has 0 aromatic carbocycles. The molecule has 2 aliphatic carbocycles.